The smallest absolute Gasteiger partial charge is 0.0132 e. The Bertz CT molecular complexity index is 727. The molecule has 0 aliphatic carbocycles. The number of benzene rings is 3. The molecule has 0 aliphatic heterocycles. The minimum Gasteiger partial charge on any atom is -0.0683 e. The molecule has 0 spiro atoms. The zero-order chi connectivity index (χ0) is 21.6. The first-order valence-electron chi connectivity index (χ1n) is 10.8. The van der Waals surface area contributed by atoms with E-state index < -0.39 is 0 Å². The van der Waals surface area contributed by atoms with Crippen LogP contribution in [0.1, 0.15) is 67.9 Å². The van der Waals surface area contributed by atoms with Crippen LogP contribution in [-0.4, -0.2) is 0 Å². The summed E-state index contributed by atoms with van der Waals surface area (Å²) < 4.78 is 0. The molecule has 0 radical (unpaired) electrons. The SMILES string of the molecule is CC.CC.CC.CC(C)(C)c1ccc(-c2ccc(-c3ccccc3)cc2)cc1. The van der Waals surface area contributed by atoms with Crippen LogP contribution in [0.25, 0.3) is 22.3 Å². The Kier molecular flexibility index (Phi) is 12.6. The fourth-order valence-electron chi connectivity index (χ4n) is 2.65. The summed E-state index contributed by atoms with van der Waals surface area (Å²) in [5.41, 5.74) is 6.63. The highest BCUT2D eigenvalue weighted by molar-refractivity contribution is 5.70. The van der Waals surface area contributed by atoms with Crippen LogP contribution in [0, 0.1) is 0 Å². The van der Waals surface area contributed by atoms with E-state index in [9.17, 15) is 0 Å². The summed E-state index contributed by atoms with van der Waals surface area (Å²) in [6.45, 7) is 18.7. The summed E-state index contributed by atoms with van der Waals surface area (Å²) in [6, 6.07) is 28.2. The maximum Gasteiger partial charge on any atom is -0.0132 e. The predicted molar refractivity (Wildman–Crippen MR) is 130 cm³/mol. The van der Waals surface area contributed by atoms with Crippen molar-refractivity contribution in [3.63, 3.8) is 0 Å². The first-order valence-corrected chi connectivity index (χ1v) is 10.8. The zero-order valence-corrected chi connectivity index (χ0v) is 19.5. The third-order valence-electron chi connectivity index (χ3n) is 4.08. The highest BCUT2D eigenvalue weighted by atomic mass is 14.2. The van der Waals surface area contributed by atoms with Gasteiger partial charge in [0.05, 0.1) is 0 Å². The molecule has 0 nitrogen and oxygen atoms in total. The molecule has 0 atom stereocenters. The molecule has 0 saturated heterocycles. The normalized spacial score (nSPS) is 9.61. The van der Waals surface area contributed by atoms with Gasteiger partial charge < -0.3 is 0 Å². The van der Waals surface area contributed by atoms with Gasteiger partial charge in [0.25, 0.3) is 0 Å². The molecule has 0 N–H and O–H groups in total. The van der Waals surface area contributed by atoms with E-state index in [1.165, 1.54) is 27.8 Å². The largest absolute Gasteiger partial charge is 0.0683 e. The highest BCUT2D eigenvalue weighted by Crippen LogP contribution is 2.28. The van der Waals surface area contributed by atoms with Crippen LogP contribution in [0.5, 0.6) is 0 Å². The third-order valence-corrected chi connectivity index (χ3v) is 4.08. The van der Waals surface area contributed by atoms with Crippen molar-refractivity contribution in [3.05, 3.63) is 84.4 Å². The fourth-order valence-corrected chi connectivity index (χ4v) is 2.65. The van der Waals surface area contributed by atoms with Crippen molar-refractivity contribution in [1.82, 2.24) is 0 Å². The van der Waals surface area contributed by atoms with Crippen LogP contribution >= 0.6 is 0 Å². The minimum atomic E-state index is 0.204. The molecule has 3 rings (SSSR count). The van der Waals surface area contributed by atoms with Crippen LogP contribution < -0.4 is 0 Å². The van der Waals surface area contributed by atoms with E-state index >= 15 is 0 Å². The van der Waals surface area contributed by atoms with Crippen molar-refractivity contribution < 1.29 is 0 Å². The topological polar surface area (TPSA) is 0 Å². The predicted octanol–water partition coefficient (Wildman–Crippen LogP) is 9.40. The fraction of sp³-hybridized carbons (Fsp3) is 0.357. The summed E-state index contributed by atoms with van der Waals surface area (Å²) in [7, 11) is 0. The molecule has 3 aromatic rings. The average molecular weight is 377 g/mol. The molecule has 0 fully saturated rings. The molecule has 3 aromatic carbocycles. The quantitative estimate of drug-likeness (QED) is 0.418. The second-order valence-electron chi connectivity index (χ2n) is 6.77. The number of rotatable bonds is 2. The van der Waals surface area contributed by atoms with E-state index in [-0.39, 0.29) is 5.41 Å². The van der Waals surface area contributed by atoms with Crippen molar-refractivity contribution in [3.8, 4) is 22.3 Å². The maximum atomic E-state index is 2.25. The Morgan fingerprint density at radius 2 is 0.679 bits per heavy atom. The Morgan fingerprint density at radius 3 is 1.00 bits per heavy atom. The van der Waals surface area contributed by atoms with Crippen LogP contribution in [0.3, 0.4) is 0 Å². The van der Waals surface area contributed by atoms with Gasteiger partial charge >= 0.3 is 0 Å². The molecule has 0 aromatic heterocycles. The van der Waals surface area contributed by atoms with Crippen molar-refractivity contribution in [2.75, 3.05) is 0 Å². The molecular weight excluding hydrogens is 336 g/mol. The van der Waals surface area contributed by atoms with Crippen molar-refractivity contribution in [2.45, 2.75) is 67.7 Å². The molecule has 28 heavy (non-hydrogen) atoms. The van der Waals surface area contributed by atoms with Gasteiger partial charge in [-0.25, -0.2) is 0 Å². The Morgan fingerprint density at radius 1 is 0.393 bits per heavy atom. The van der Waals surface area contributed by atoms with Gasteiger partial charge in [0.2, 0.25) is 0 Å². The number of hydrogen-bond donors (Lipinski definition) is 0. The van der Waals surface area contributed by atoms with E-state index in [2.05, 4.69) is 99.6 Å². The van der Waals surface area contributed by atoms with E-state index in [0.717, 1.165) is 0 Å². The molecule has 0 bridgehead atoms. The van der Waals surface area contributed by atoms with Crippen molar-refractivity contribution in [1.29, 1.82) is 0 Å². The van der Waals surface area contributed by atoms with Gasteiger partial charge in [-0.15, -0.1) is 0 Å². The molecule has 0 unspecified atom stereocenters. The monoisotopic (exact) mass is 376 g/mol. The van der Waals surface area contributed by atoms with E-state index in [1.54, 1.807) is 0 Å². The van der Waals surface area contributed by atoms with Crippen LogP contribution in [-0.2, 0) is 5.41 Å². The van der Waals surface area contributed by atoms with Gasteiger partial charge in [-0.3, -0.25) is 0 Å². The maximum absolute atomic E-state index is 2.25. The van der Waals surface area contributed by atoms with Gasteiger partial charge in [-0.2, -0.15) is 0 Å². The molecule has 152 valence electrons. The van der Waals surface area contributed by atoms with E-state index in [1.807, 2.05) is 41.5 Å². The summed E-state index contributed by atoms with van der Waals surface area (Å²) >= 11 is 0. The Balaban J connectivity index is 0.00000111. The molecule has 0 heteroatoms. The van der Waals surface area contributed by atoms with Gasteiger partial charge in [0.1, 0.15) is 0 Å². The summed E-state index contributed by atoms with van der Waals surface area (Å²) in [6.07, 6.45) is 0. The molecular formula is C28H40. The Hall–Kier alpha value is -2.34. The summed E-state index contributed by atoms with van der Waals surface area (Å²) in [5.74, 6) is 0. The molecule has 0 saturated carbocycles. The lowest BCUT2D eigenvalue weighted by atomic mass is 9.86. The first-order chi connectivity index (χ1) is 13.5. The second-order valence-corrected chi connectivity index (χ2v) is 6.77. The van der Waals surface area contributed by atoms with E-state index in [0.29, 0.717) is 0 Å². The van der Waals surface area contributed by atoms with Crippen molar-refractivity contribution >= 4 is 0 Å². The lowest BCUT2D eigenvalue weighted by molar-refractivity contribution is 0.590. The van der Waals surface area contributed by atoms with Crippen LogP contribution in [0.15, 0.2) is 78.9 Å². The highest BCUT2D eigenvalue weighted by Gasteiger charge is 2.12. The standard InChI is InChI=1S/C22H22.3C2H6/c1-22(2,3)21-15-13-20(14-16-21)19-11-9-18(10-12-19)17-7-5-4-6-8-17;3*1-2/h4-16H,1-3H3;3*1-2H3. The van der Waals surface area contributed by atoms with Crippen LogP contribution in [0.4, 0.5) is 0 Å². The third kappa shape index (κ3) is 7.72. The zero-order valence-electron chi connectivity index (χ0n) is 19.5. The second kappa shape index (κ2) is 13.8. The van der Waals surface area contributed by atoms with Crippen molar-refractivity contribution in [2.24, 2.45) is 0 Å². The average Bonchev–Trinajstić information content (AvgIpc) is 2.78. The van der Waals surface area contributed by atoms with Gasteiger partial charge in [0.15, 0.2) is 0 Å². The summed E-state index contributed by atoms with van der Waals surface area (Å²) in [4.78, 5) is 0. The van der Waals surface area contributed by atoms with Crippen LogP contribution in [0.2, 0.25) is 0 Å². The van der Waals surface area contributed by atoms with Gasteiger partial charge in [-0.1, -0.05) is 141 Å². The Labute approximate surface area is 174 Å². The van der Waals surface area contributed by atoms with Gasteiger partial charge in [-0.05, 0) is 33.2 Å². The first kappa shape index (κ1) is 25.7. The minimum absolute atomic E-state index is 0.204. The molecule has 0 heterocycles. The lowest BCUT2D eigenvalue weighted by Gasteiger charge is -2.19. The molecule has 0 aliphatic rings. The molecule has 0 amide bonds. The summed E-state index contributed by atoms with van der Waals surface area (Å²) in [5, 5.41) is 0. The van der Waals surface area contributed by atoms with Gasteiger partial charge in [0, 0.05) is 0 Å². The lowest BCUT2D eigenvalue weighted by Crippen LogP contribution is -2.10. The number of hydrogen-bond acceptors (Lipinski definition) is 0. The van der Waals surface area contributed by atoms with E-state index in [4.69, 9.17) is 0 Å².